The number of hydrogen-bond acceptors (Lipinski definition) is 2. The van der Waals surface area contributed by atoms with Gasteiger partial charge in [0.2, 0.25) is 0 Å². The lowest BCUT2D eigenvalue weighted by molar-refractivity contribution is 0.0697. The second kappa shape index (κ2) is 4.78. The van der Waals surface area contributed by atoms with Gasteiger partial charge in [0.05, 0.1) is 5.56 Å². The van der Waals surface area contributed by atoms with Crippen molar-refractivity contribution in [3.05, 3.63) is 53.9 Å². The van der Waals surface area contributed by atoms with E-state index in [0.717, 1.165) is 12.0 Å². The summed E-state index contributed by atoms with van der Waals surface area (Å²) in [5, 5.41) is 9.09. The minimum absolute atomic E-state index is 0.233. The van der Waals surface area contributed by atoms with Crippen molar-refractivity contribution < 1.29 is 9.90 Å². The fourth-order valence-electron chi connectivity index (χ4n) is 1.74. The van der Waals surface area contributed by atoms with Crippen LogP contribution in [-0.4, -0.2) is 16.1 Å². The number of carboxylic acid groups (broad SMARTS) is 1. The maximum atomic E-state index is 11.1. The summed E-state index contributed by atoms with van der Waals surface area (Å²) in [6.07, 6.45) is 3.96. The van der Waals surface area contributed by atoms with E-state index in [9.17, 15) is 4.79 Å². The highest BCUT2D eigenvalue weighted by atomic mass is 16.4. The van der Waals surface area contributed by atoms with Gasteiger partial charge in [0, 0.05) is 12.4 Å². The minimum atomic E-state index is -0.951. The Morgan fingerprint density at radius 1 is 1.24 bits per heavy atom. The van der Waals surface area contributed by atoms with Gasteiger partial charge < -0.3 is 5.11 Å². The van der Waals surface area contributed by atoms with Gasteiger partial charge in [0.25, 0.3) is 0 Å². The molecule has 0 bridgehead atoms. The Kier molecular flexibility index (Phi) is 3.19. The van der Waals surface area contributed by atoms with Crippen LogP contribution in [-0.2, 0) is 6.42 Å². The Morgan fingerprint density at radius 2 is 1.94 bits per heavy atom. The van der Waals surface area contributed by atoms with Gasteiger partial charge in [-0.3, -0.25) is 4.98 Å². The van der Waals surface area contributed by atoms with Crippen LogP contribution < -0.4 is 0 Å². The van der Waals surface area contributed by atoms with Crippen LogP contribution in [0.15, 0.2) is 42.7 Å². The summed E-state index contributed by atoms with van der Waals surface area (Å²) < 4.78 is 0. The molecular formula is C14H13NO2. The fraction of sp³-hybridized carbons (Fsp3) is 0.143. The number of aromatic nitrogens is 1. The minimum Gasteiger partial charge on any atom is -0.478 e. The van der Waals surface area contributed by atoms with E-state index < -0.39 is 5.97 Å². The van der Waals surface area contributed by atoms with Crippen LogP contribution in [0.5, 0.6) is 0 Å². The summed E-state index contributed by atoms with van der Waals surface area (Å²) in [5.74, 6) is -0.951. The standard InChI is InChI=1S/C14H13NO2/c1-2-10-3-5-11(6-4-10)12-7-8-15-9-13(12)14(16)17/h3-9H,2H2,1H3,(H,16,17). The first-order valence-corrected chi connectivity index (χ1v) is 5.49. The lowest BCUT2D eigenvalue weighted by Gasteiger charge is -2.06. The zero-order chi connectivity index (χ0) is 12.3. The maximum Gasteiger partial charge on any atom is 0.337 e. The summed E-state index contributed by atoms with van der Waals surface area (Å²) >= 11 is 0. The van der Waals surface area contributed by atoms with E-state index in [0.29, 0.717) is 5.56 Å². The second-order valence-electron chi connectivity index (χ2n) is 3.78. The number of aryl methyl sites for hydroxylation is 1. The van der Waals surface area contributed by atoms with Crippen molar-refractivity contribution in [2.75, 3.05) is 0 Å². The number of benzene rings is 1. The Balaban J connectivity index is 2.48. The van der Waals surface area contributed by atoms with Crippen molar-refractivity contribution in [3.8, 4) is 11.1 Å². The third kappa shape index (κ3) is 2.33. The van der Waals surface area contributed by atoms with Crippen LogP contribution in [0.25, 0.3) is 11.1 Å². The molecule has 0 amide bonds. The molecule has 1 N–H and O–H groups in total. The number of rotatable bonds is 3. The quantitative estimate of drug-likeness (QED) is 0.876. The molecule has 2 rings (SSSR count). The Morgan fingerprint density at radius 3 is 2.53 bits per heavy atom. The first kappa shape index (κ1) is 11.3. The van der Waals surface area contributed by atoms with Crippen LogP contribution >= 0.6 is 0 Å². The van der Waals surface area contributed by atoms with Gasteiger partial charge in [-0.05, 0) is 29.2 Å². The first-order chi connectivity index (χ1) is 8.22. The molecule has 0 radical (unpaired) electrons. The lowest BCUT2D eigenvalue weighted by atomic mass is 10.00. The topological polar surface area (TPSA) is 50.2 Å². The van der Waals surface area contributed by atoms with Crippen molar-refractivity contribution in [3.63, 3.8) is 0 Å². The molecule has 0 unspecified atom stereocenters. The zero-order valence-corrected chi connectivity index (χ0v) is 9.55. The molecular weight excluding hydrogens is 214 g/mol. The lowest BCUT2D eigenvalue weighted by Crippen LogP contribution is -2.00. The van der Waals surface area contributed by atoms with Crippen LogP contribution in [0.4, 0.5) is 0 Å². The van der Waals surface area contributed by atoms with E-state index in [2.05, 4.69) is 11.9 Å². The first-order valence-electron chi connectivity index (χ1n) is 5.49. The number of hydrogen-bond donors (Lipinski definition) is 1. The Bertz CT molecular complexity index is 532. The van der Waals surface area contributed by atoms with Gasteiger partial charge in [0.15, 0.2) is 0 Å². The van der Waals surface area contributed by atoms with Crippen LogP contribution in [0.1, 0.15) is 22.8 Å². The SMILES string of the molecule is CCc1ccc(-c2ccncc2C(=O)O)cc1. The molecule has 0 saturated carbocycles. The summed E-state index contributed by atoms with van der Waals surface area (Å²) in [7, 11) is 0. The van der Waals surface area contributed by atoms with E-state index in [1.165, 1.54) is 11.8 Å². The summed E-state index contributed by atoms with van der Waals surface area (Å²) in [6.45, 7) is 2.09. The molecule has 3 heteroatoms. The predicted octanol–water partition coefficient (Wildman–Crippen LogP) is 3.01. The van der Waals surface area contributed by atoms with Gasteiger partial charge in [-0.15, -0.1) is 0 Å². The van der Waals surface area contributed by atoms with Gasteiger partial charge in [-0.25, -0.2) is 4.79 Å². The molecule has 1 aromatic heterocycles. The average molecular weight is 227 g/mol. The van der Waals surface area contributed by atoms with E-state index in [-0.39, 0.29) is 5.56 Å². The number of pyridine rings is 1. The molecule has 0 spiro atoms. The highest BCUT2D eigenvalue weighted by molar-refractivity contribution is 5.95. The van der Waals surface area contributed by atoms with Gasteiger partial charge in [0.1, 0.15) is 0 Å². The molecule has 0 saturated heterocycles. The van der Waals surface area contributed by atoms with Gasteiger partial charge >= 0.3 is 5.97 Å². The third-order valence-corrected chi connectivity index (χ3v) is 2.72. The molecule has 0 aliphatic carbocycles. The molecule has 0 aliphatic rings. The fourth-order valence-corrected chi connectivity index (χ4v) is 1.74. The van der Waals surface area contributed by atoms with Crippen molar-refractivity contribution in [2.24, 2.45) is 0 Å². The summed E-state index contributed by atoms with van der Waals surface area (Å²) in [5.41, 5.74) is 3.08. The van der Waals surface area contributed by atoms with E-state index in [4.69, 9.17) is 5.11 Å². The Hall–Kier alpha value is -2.16. The van der Waals surface area contributed by atoms with Crippen LogP contribution in [0.3, 0.4) is 0 Å². The smallest absolute Gasteiger partial charge is 0.337 e. The maximum absolute atomic E-state index is 11.1. The number of aromatic carboxylic acids is 1. The molecule has 3 nitrogen and oxygen atoms in total. The molecule has 2 aromatic rings. The largest absolute Gasteiger partial charge is 0.478 e. The summed E-state index contributed by atoms with van der Waals surface area (Å²) in [4.78, 5) is 14.9. The molecule has 86 valence electrons. The molecule has 1 heterocycles. The average Bonchev–Trinajstić information content (AvgIpc) is 2.39. The van der Waals surface area contributed by atoms with Crippen LogP contribution in [0.2, 0.25) is 0 Å². The van der Waals surface area contributed by atoms with Crippen molar-refractivity contribution in [1.29, 1.82) is 0 Å². The third-order valence-electron chi connectivity index (χ3n) is 2.72. The molecule has 1 aromatic carbocycles. The zero-order valence-electron chi connectivity index (χ0n) is 9.55. The van der Waals surface area contributed by atoms with Gasteiger partial charge in [-0.2, -0.15) is 0 Å². The number of carbonyl (C=O) groups is 1. The highest BCUT2D eigenvalue weighted by Crippen LogP contribution is 2.23. The van der Waals surface area contributed by atoms with Gasteiger partial charge in [-0.1, -0.05) is 31.2 Å². The molecule has 17 heavy (non-hydrogen) atoms. The van der Waals surface area contributed by atoms with E-state index >= 15 is 0 Å². The van der Waals surface area contributed by atoms with Crippen molar-refractivity contribution >= 4 is 5.97 Å². The second-order valence-corrected chi connectivity index (χ2v) is 3.78. The number of nitrogens with zero attached hydrogens (tertiary/aromatic N) is 1. The van der Waals surface area contributed by atoms with Crippen molar-refractivity contribution in [2.45, 2.75) is 13.3 Å². The van der Waals surface area contributed by atoms with E-state index in [1.54, 1.807) is 12.3 Å². The normalized spacial score (nSPS) is 10.2. The molecule has 0 fully saturated rings. The molecule has 0 atom stereocenters. The van der Waals surface area contributed by atoms with E-state index in [1.807, 2.05) is 24.3 Å². The highest BCUT2D eigenvalue weighted by Gasteiger charge is 2.10. The monoisotopic (exact) mass is 227 g/mol. The number of carboxylic acids is 1. The summed E-state index contributed by atoms with van der Waals surface area (Å²) in [6, 6.07) is 9.65. The van der Waals surface area contributed by atoms with Crippen LogP contribution in [0, 0.1) is 0 Å². The predicted molar refractivity (Wildman–Crippen MR) is 66.0 cm³/mol. The molecule has 0 aliphatic heterocycles. The Labute approximate surface area is 99.8 Å². The van der Waals surface area contributed by atoms with Crippen molar-refractivity contribution in [1.82, 2.24) is 4.98 Å².